The average molecular weight is 530 g/mol. The highest BCUT2D eigenvalue weighted by molar-refractivity contribution is 7.89. The van der Waals surface area contributed by atoms with Crippen molar-refractivity contribution in [3.63, 3.8) is 0 Å². The maximum Gasteiger partial charge on any atom is 0.420 e. The molecule has 36 heavy (non-hydrogen) atoms. The zero-order valence-corrected chi connectivity index (χ0v) is 19.7. The summed E-state index contributed by atoms with van der Waals surface area (Å²) in [5.41, 5.74) is 2.54. The highest BCUT2D eigenvalue weighted by Gasteiger charge is 2.55. The Bertz CT molecular complexity index is 1310. The number of para-hydroxylation sites is 1. The number of anilines is 1. The first-order chi connectivity index (χ1) is 16.8. The van der Waals surface area contributed by atoms with E-state index in [0.29, 0.717) is 9.99 Å². The second-order valence-electron chi connectivity index (χ2n) is 7.79. The second-order valence-corrected chi connectivity index (χ2v) is 9.73. The fourth-order valence-corrected chi connectivity index (χ4v) is 4.79. The topological polar surface area (TPSA) is 131 Å². The summed E-state index contributed by atoms with van der Waals surface area (Å²) in [6, 6.07) is 11.9. The van der Waals surface area contributed by atoms with Crippen LogP contribution in [0.25, 0.3) is 5.69 Å². The first-order valence-electron chi connectivity index (χ1n) is 10.5. The molecular formula is C22H23F4N5O4S. The minimum Gasteiger partial charge on any atom is -0.383 e. The summed E-state index contributed by atoms with van der Waals surface area (Å²) in [7, 11) is -4.53. The van der Waals surface area contributed by atoms with Gasteiger partial charge < -0.3 is 16.2 Å². The summed E-state index contributed by atoms with van der Waals surface area (Å²) in [4.78, 5) is 12.1. The van der Waals surface area contributed by atoms with E-state index in [4.69, 9.17) is 5.73 Å². The third kappa shape index (κ3) is 5.50. The summed E-state index contributed by atoms with van der Waals surface area (Å²) in [5, 5.41) is 16.4. The van der Waals surface area contributed by atoms with E-state index in [2.05, 4.69) is 5.10 Å². The van der Waals surface area contributed by atoms with Crippen LogP contribution in [-0.2, 0) is 10.0 Å². The zero-order valence-electron chi connectivity index (χ0n) is 18.9. The molecule has 194 valence electrons. The summed E-state index contributed by atoms with van der Waals surface area (Å²) in [5.74, 6) is -1.94. The van der Waals surface area contributed by atoms with Gasteiger partial charge in [0.1, 0.15) is 17.2 Å². The van der Waals surface area contributed by atoms with E-state index >= 15 is 0 Å². The number of carbonyl (C=O) groups is 1. The van der Waals surface area contributed by atoms with Crippen LogP contribution in [0.5, 0.6) is 0 Å². The number of amides is 1. The number of nitrogens with zero attached hydrogens (tertiary/aromatic N) is 3. The lowest BCUT2D eigenvalue weighted by Gasteiger charge is -2.34. The van der Waals surface area contributed by atoms with Crippen molar-refractivity contribution in [2.75, 3.05) is 25.4 Å². The molecule has 1 unspecified atom stereocenters. The van der Waals surface area contributed by atoms with Crippen molar-refractivity contribution in [1.82, 2.24) is 19.4 Å². The van der Waals surface area contributed by atoms with Crippen LogP contribution in [-0.4, -0.2) is 64.9 Å². The Hall–Kier alpha value is -3.49. The van der Waals surface area contributed by atoms with Gasteiger partial charge in [0.2, 0.25) is 10.0 Å². The highest BCUT2D eigenvalue weighted by Crippen LogP contribution is 2.32. The van der Waals surface area contributed by atoms with Gasteiger partial charge in [0.05, 0.1) is 29.9 Å². The second kappa shape index (κ2) is 10.2. The fraction of sp³-hybridized carbons (Fsp3) is 0.273. The van der Waals surface area contributed by atoms with E-state index in [9.17, 15) is 35.9 Å². The van der Waals surface area contributed by atoms with Gasteiger partial charge in [-0.3, -0.25) is 4.79 Å². The molecule has 0 fully saturated rings. The first-order valence-corrected chi connectivity index (χ1v) is 12.0. The average Bonchev–Trinajstić information content (AvgIpc) is 3.22. The zero-order chi connectivity index (χ0) is 26.7. The lowest BCUT2D eigenvalue weighted by atomic mass is 10.0. The Morgan fingerprint density at radius 3 is 2.31 bits per heavy atom. The number of alkyl halides is 3. The molecule has 1 atom stereocenters. The van der Waals surface area contributed by atoms with Crippen LogP contribution in [0.15, 0.2) is 65.7 Å². The summed E-state index contributed by atoms with van der Waals surface area (Å²) < 4.78 is 82.1. The van der Waals surface area contributed by atoms with E-state index in [1.165, 1.54) is 11.6 Å². The molecule has 14 heteroatoms. The van der Waals surface area contributed by atoms with E-state index in [1.54, 1.807) is 30.3 Å². The van der Waals surface area contributed by atoms with Crippen LogP contribution in [0.3, 0.4) is 0 Å². The van der Waals surface area contributed by atoms with Crippen LogP contribution < -0.4 is 11.1 Å². The summed E-state index contributed by atoms with van der Waals surface area (Å²) in [6.45, 7) is -1.97. The number of hydrogen-bond donors (Lipinski definition) is 3. The Balaban J connectivity index is 1.82. The van der Waals surface area contributed by atoms with Gasteiger partial charge in [-0.15, -0.1) is 0 Å². The standard InChI is InChI=1S/C22H23F4N5O4S/c1-2-30(36(34,35)17-10-8-15(23)9-11-17)14-21(33,22(24,25)26)13-28-20(32)18-12-29-31(19(18)27)16-6-4-3-5-7-16/h3-12,33H,2,13-14,27H2,1H3,(H,28,32). The maximum absolute atomic E-state index is 13.9. The predicted molar refractivity (Wildman–Crippen MR) is 122 cm³/mol. The van der Waals surface area contributed by atoms with Gasteiger partial charge in [-0.1, -0.05) is 25.1 Å². The Morgan fingerprint density at radius 2 is 1.75 bits per heavy atom. The molecule has 9 nitrogen and oxygen atoms in total. The molecule has 0 saturated carbocycles. The Morgan fingerprint density at radius 1 is 1.14 bits per heavy atom. The third-order valence-corrected chi connectivity index (χ3v) is 7.30. The van der Waals surface area contributed by atoms with E-state index < -0.39 is 58.1 Å². The number of halogens is 4. The predicted octanol–water partition coefficient (Wildman–Crippen LogP) is 2.33. The van der Waals surface area contributed by atoms with Crippen molar-refractivity contribution in [2.45, 2.75) is 23.6 Å². The monoisotopic (exact) mass is 529 g/mol. The molecule has 1 aromatic heterocycles. The number of likely N-dealkylation sites (N-methyl/N-ethyl adjacent to an activating group) is 1. The number of nitrogens with one attached hydrogen (secondary N) is 1. The van der Waals surface area contributed by atoms with E-state index in [1.807, 2.05) is 5.32 Å². The molecule has 0 aliphatic rings. The molecule has 0 aliphatic carbocycles. The van der Waals surface area contributed by atoms with Gasteiger partial charge in [0.15, 0.2) is 5.60 Å². The Kier molecular flexibility index (Phi) is 7.71. The number of carbonyl (C=O) groups excluding carboxylic acids is 1. The van der Waals surface area contributed by atoms with E-state index in [0.717, 1.165) is 30.5 Å². The van der Waals surface area contributed by atoms with Crippen molar-refractivity contribution in [1.29, 1.82) is 0 Å². The van der Waals surface area contributed by atoms with Gasteiger partial charge in [0, 0.05) is 6.54 Å². The molecule has 4 N–H and O–H groups in total. The number of nitrogen functional groups attached to an aromatic ring is 1. The number of aliphatic hydroxyl groups is 1. The molecule has 0 bridgehead atoms. The molecule has 2 aromatic carbocycles. The van der Waals surface area contributed by atoms with Crippen LogP contribution >= 0.6 is 0 Å². The smallest absolute Gasteiger partial charge is 0.383 e. The van der Waals surface area contributed by atoms with Crippen molar-refractivity contribution in [2.24, 2.45) is 0 Å². The minimum absolute atomic E-state index is 0.150. The number of benzene rings is 2. The van der Waals surface area contributed by atoms with Crippen LogP contribution in [0.2, 0.25) is 0 Å². The molecule has 0 saturated heterocycles. The highest BCUT2D eigenvalue weighted by atomic mass is 32.2. The van der Waals surface area contributed by atoms with Gasteiger partial charge >= 0.3 is 6.18 Å². The molecular weight excluding hydrogens is 506 g/mol. The number of rotatable bonds is 9. The van der Waals surface area contributed by atoms with Crippen molar-refractivity contribution >= 4 is 21.7 Å². The minimum atomic E-state index is -5.33. The van der Waals surface area contributed by atoms with Gasteiger partial charge in [-0.2, -0.15) is 22.6 Å². The lowest BCUT2D eigenvalue weighted by Crippen LogP contribution is -2.60. The van der Waals surface area contributed by atoms with Crippen molar-refractivity contribution in [3.8, 4) is 5.69 Å². The van der Waals surface area contributed by atoms with Crippen molar-refractivity contribution < 1.29 is 35.9 Å². The fourth-order valence-electron chi connectivity index (χ4n) is 3.29. The Labute approximate surface area is 204 Å². The number of aromatic nitrogens is 2. The molecule has 1 amide bonds. The van der Waals surface area contributed by atoms with Crippen molar-refractivity contribution in [3.05, 3.63) is 72.2 Å². The largest absolute Gasteiger partial charge is 0.420 e. The lowest BCUT2D eigenvalue weighted by molar-refractivity contribution is -0.258. The molecule has 0 aliphatic heterocycles. The van der Waals surface area contributed by atoms with Gasteiger partial charge in [-0.25, -0.2) is 17.5 Å². The molecule has 0 radical (unpaired) electrons. The summed E-state index contributed by atoms with van der Waals surface area (Å²) >= 11 is 0. The molecule has 0 spiro atoms. The number of nitrogens with two attached hydrogens (primary N) is 1. The quantitative estimate of drug-likeness (QED) is 0.365. The van der Waals surface area contributed by atoms with Crippen LogP contribution in [0.1, 0.15) is 17.3 Å². The molecule has 3 aromatic rings. The first kappa shape index (κ1) is 27.1. The van der Waals surface area contributed by atoms with Gasteiger partial charge in [-0.05, 0) is 36.4 Å². The van der Waals surface area contributed by atoms with Crippen LogP contribution in [0.4, 0.5) is 23.4 Å². The SMILES string of the molecule is CCN(CC(O)(CNC(=O)c1cnn(-c2ccccc2)c1N)C(F)(F)F)S(=O)(=O)c1ccc(F)cc1. The number of hydrogen-bond acceptors (Lipinski definition) is 6. The molecule has 3 rings (SSSR count). The van der Waals surface area contributed by atoms with Crippen LogP contribution in [0, 0.1) is 5.82 Å². The number of sulfonamides is 1. The normalized spacial score (nSPS) is 14.0. The van der Waals surface area contributed by atoms with E-state index in [-0.39, 0.29) is 11.4 Å². The third-order valence-electron chi connectivity index (χ3n) is 5.36. The summed E-state index contributed by atoms with van der Waals surface area (Å²) in [6.07, 6.45) is -4.27. The van der Waals surface area contributed by atoms with Gasteiger partial charge in [0.25, 0.3) is 5.91 Å². The molecule has 1 heterocycles. The maximum atomic E-state index is 13.9.